The minimum atomic E-state index is -2.90. The number of para-hydroxylation sites is 1. The van der Waals surface area contributed by atoms with E-state index in [1.165, 1.54) is 0 Å². The number of benzene rings is 1. The van der Waals surface area contributed by atoms with E-state index in [9.17, 15) is 8.42 Å². The third kappa shape index (κ3) is 5.70. The topological polar surface area (TPSA) is 79.8 Å². The highest BCUT2D eigenvalue weighted by Crippen LogP contribution is 2.17. The maximum Gasteiger partial charge on any atom is 0.191 e. The molecule has 2 unspecified atom stereocenters. The molecule has 2 N–H and O–H groups in total. The van der Waals surface area contributed by atoms with E-state index in [2.05, 4.69) is 15.6 Å². The zero-order chi connectivity index (χ0) is 17.6. The van der Waals surface area contributed by atoms with Crippen molar-refractivity contribution in [1.29, 1.82) is 0 Å². The van der Waals surface area contributed by atoms with Crippen LogP contribution in [0.1, 0.15) is 25.8 Å². The van der Waals surface area contributed by atoms with Crippen molar-refractivity contribution in [2.45, 2.75) is 39.3 Å². The molecule has 0 aromatic heterocycles. The van der Waals surface area contributed by atoms with E-state index >= 15 is 0 Å². The Kier molecular flexibility index (Phi) is 6.48. The third-order valence-corrected chi connectivity index (χ3v) is 5.61. The predicted octanol–water partition coefficient (Wildman–Crippen LogP) is 1.50. The van der Waals surface area contributed by atoms with Gasteiger partial charge in [0.2, 0.25) is 0 Å². The predicted molar refractivity (Wildman–Crippen MR) is 97.4 cm³/mol. The quantitative estimate of drug-likeness (QED) is 0.598. The summed E-state index contributed by atoms with van der Waals surface area (Å²) in [7, 11) is -2.90. The van der Waals surface area contributed by atoms with Crippen LogP contribution in [0.3, 0.4) is 0 Å². The van der Waals surface area contributed by atoms with Crippen LogP contribution in [0.5, 0.6) is 5.75 Å². The van der Waals surface area contributed by atoms with Gasteiger partial charge in [-0.05, 0) is 38.8 Å². The van der Waals surface area contributed by atoms with Gasteiger partial charge in [0.05, 0.1) is 18.1 Å². The van der Waals surface area contributed by atoms with E-state index in [1.54, 1.807) is 0 Å². The first-order chi connectivity index (χ1) is 11.4. The Bertz CT molecular complexity index is 673. The number of rotatable bonds is 6. The van der Waals surface area contributed by atoms with Crippen molar-refractivity contribution in [1.82, 2.24) is 10.6 Å². The fourth-order valence-electron chi connectivity index (χ4n) is 2.58. The number of hydrogen-bond acceptors (Lipinski definition) is 4. The van der Waals surface area contributed by atoms with Gasteiger partial charge in [-0.1, -0.05) is 18.2 Å². The zero-order valence-electron chi connectivity index (χ0n) is 14.6. The molecule has 1 aliphatic rings. The first-order valence-corrected chi connectivity index (χ1v) is 10.2. The molecule has 1 saturated heterocycles. The normalized spacial score (nSPS) is 21.3. The SMILES string of the molecule is CCNC(=NCC(C)Oc1ccccc1C)NC1CCS(=O)(=O)C1. The first kappa shape index (κ1) is 18.6. The van der Waals surface area contributed by atoms with Crippen molar-refractivity contribution in [2.24, 2.45) is 4.99 Å². The Morgan fingerprint density at radius 1 is 1.42 bits per heavy atom. The lowest BCUT2D eigenvalue weighted by Gasteiger charge is -2.18. The van der Waals surface area contributed by atoms with Gasteiger partial charge in [-0.2, -0.15) is 0 Å². The summed E-state index contributed by atoms with van der Waals surface area (Å²) in [6.07, 6.45) is 0.552. The van der Waals surface area contributed by atoms with E-state index in [0.29, 0.717) is 18.9 Å². The first-order valence-electron chi connectivity index (χ1n) is 8.37. The molecule has 0 aliphatic carbocycles. The van der Waals surface area contributed by atoms with E-state index < -0.39 is 9.84 Å². The monoisotopic (exact) mass is 353 g/mol. The van der Waals surface area contributed by atoms with Crippen molar-refractivity contribution in [3.8, 4) is 5.75 Å². The van der Waals surface area contributed by atoms with Gasteiger partial charge >= 0.3 is 0 Å². The van der Waals surface area contributed by atoms with Crippen LogP contribution in [0.2, 0.25) is 0 Å². The molecule has 0 spiro atoms. The number of hydrogen-bond donors (Lipinski definition) is 2. The average Bonchev–Trinajstić information content (AvgIpc) is 2.86. The van der Waals surface area contributed by atoms with Gasteiger partial charge < -0.3 is 15.4 Å². The Balaban J connectivity index is 1.91. The summed E-state index contributed by atoms with van der Waals surface area (Å²) in [5, 5.41) is 6.36. The number of ether oxygens (including phenoxy) is 1. The summed E-state index contributed by atoms with van der Waals surface area (Å²) in [6, 6.07) is 7.82. The van der Waals surface area contributed by atoms with Crippen molar-refractivity contribution in [2.75, 3.05) is 24.6 Å². The molecule has 1 aliphatic heterocycles. The lowest BCUT2D eigenvalue weighted by Crippen LogP contribution is -2.44. The maximum atomic E-state index is 11.6. The van der Waals surface area contributed by atoms with Crippen molar-refractivity contribution >= 4 is 15.8 Å². The summed E-state index contributed by atoms with van der Waals surface area (Å²) >= 11 is 0. The van der Waals surface area contributed by atoms with E-state index in [0.717, 1.165) is 17.9 Å². The maximum absolute atomic E-state index is 11.6. The van der Waals surface area contributed by atoms with Crippen LogP contribution < -0.4 is 15.4 Å². The lowest BCUT2D eigenvalue weighted by molar-refractivity contribution is 0.228. The summed E-state index contributed by atoms with van der Waals surface area (Å²) in [6.45, 7) is 7.17. The fourth-order valence-corrected chi connectivity index (χ4v) is 4.26. The largest absolute Gasteiger partial charge is 0.489 e. The number of aryl methyl sites for hydroxylation is 1. The van der Waals surface area contributed by atoms with E-state index in [1.807, 2.05) is 45.0 Å². The summed E-state index contributed by atoms with van der Waals surface area (Å²) in [4.78, 5) is 4.53. The molecule has 0 saturated carbocycles. The van der Waals surface area contributed by atoms with Gasteiger partial charge in [-0.15, -0.1) is 0 Å². The number of sulfone groups is 1. The van der Waals surface area contributed by atoms with Crippen LogP contribution >= 0.6 is 0 Å². The van der Waals surface area contributed by atoms with Gasteiger partial charge in [0.15, 0.2) is 15.8 Å². The highest BCUT2D eigenvalue weighted by atomic mass is 32.2. The van der Waals surface area contributed by atoms with Crippen LogP contribution in [-0.2, 0) is 9.84 Å². The van der Waals surface area contributed by atoms with Gasteiger partial charge in [-0.3, -0.25) is 0 Å². The zero-order valence-corrected chi connectivity index (χ0v) is 15.4. The highest BCUT2D eigenvalue weighted by molar-refractivity contribution is 7.91. The van der Waals surface area contributed by atoms with Crippen LogP contribution in [-0.4, -0.2) is 51.1 Å². The Labute approximate surface area is 144 Å². The Morgan fingerprint density at radius 2 is 2.17 bits per heavy atom. The Morgan fingerprint density at radius 3 is 2.79 bits per heavy atom. The summed E-state index contributed by atoms with van der Waals surface area (Å²) < 4.78 is 29.0. The number of nitrogens with zero attached hydrogens (tertiary/aromatic N) is 1. The Hall–Kier alpha value is -1.76. The molecule has 0 bridgehead atoms. The number of guanidine groups is 1. The molecule has 1 aromatic carbocycles. The molecule has 7 heteroatoms. The average molecular weight is 353 g/mol. The number of nitrogens with one attached hydrogen (secondary N) is 2. The van der Waals surface area contributed by atoms with Gasteiger partial charge in [0.25, 0.3) is 0 Å². The second-order valence-corrected chi connectivity index (χ2v) is 8.39. The minimum absolute atomic E-state index is 0.0691. The second kappa shape index (κ2) is 8.37. The lowest BCUT2D eigenvalue weighted by atomic mass is 10.2. The highest BCUT2D eigenvalue weighted by Gasteiger charge is 2.28. The molecule has 24 heavy (non-hydrogen) atoms. The molecule has 0 radical (unpaired) electrons. The molecular weight excluding hydrogens is 326 g/mol. The van der Waals surface area contributed by atoms with Crippen molar-refractivity contribution in [3.63, 3.8) is 0 Å². The van der Waals surface area contributed by atoms with Crippen LogP contribution in [0, 0.1) is 6.92 Å². The fraction of sp³-hybridized carbons (Fsp3) is 0.588. The minimum Gasteiger partial charge on any atom is -0.489 e. The summed E-state index contributed by atoms with van der Waals surface area (Å²) in [5.74, 6) is 1.92. The molecule has 1 fully saturated rings. The standard InChI is InChI=1S/C17H27N3O3S/c1-4-18-17(20-15-9-10-24(21,22)12-15)19-11-14(3)23-16-8-6-5-7-13(16)2/h5-8,14-15H,4,9-12H2,1-3H3,(H2,18,19,20). The van der Waals surface area contributed by atoms with E-state index in [4.69, 9.17) is 4.74 Å². The molecule has 134 valence electrons. The summed E-state index contributed by atoms with van der Waals surface area (Å²) in [5.41, 5.74) is 1.09. The molecule has 2 rings (SSSR count). The third-order valence-electron chi connectivity index (χ3n) is 3.85. The molecular formula is C17H27N3O3S. The van der Waals surface area contributed by atoms with Gasteiger partial charge in [-0.25, -0.2) is 13.4 Å². The van der Waals surface area contributed by atoms with Crippen molar-refractivity contribution in [3.05, 3.63) is 29.8 Å². The molecule has 1 aromatic rings. The van der Waals surface area contributed by atoms with E-state index in [-0.39, 0.29) is 23.7 Å². The van der Waals surface area contributed by atoms with Crippen LogP contribution in [0.25, 0.3) is 0 Å². The van der Waals surface area contributed by atoms with Crippen LogP contribution in [0.15, 0.2) is 29.3 Å². The van der Waals surface area contributed by atoms with Gasteiger partial charge in [0, 0.05) is 12.6 Å². The number of aliphatic imine (C=N–C) groups is 1. The molecule has 2 atom stereocenters. The molecule has 0 amide bonds. The van der Waals surface area contributed by atoms with Gasteiger partial charge in [0.1, 0.15) is 11.9 Å². The van der Waals surface area contributed by atoms with Crippen LogP contribution in [0.4, 0.5) is 0 Å². The molecule has 6 nitrogen and oxygen atoms in total. The smallest absolute Gasteiger partial charge is 0.191 e. The van der Waals surface area contributed by atoms with Crippen molar-refractivity contribution < 1.29 is 13.2 Å². The molecule has 1 heterocycles. The second-order valence-electron chi connectivity index (χ2n) is 6.16.